The van der Waals surface area contributed by atoms with Gasteiger partial charge < -0.3 is 33.3 Å². The van der Waals surface area contributed by atoms with E-state index in [4.69, 9.17) is 40.0 Å². The average molecular weight is 682 g/mol. The number of alkyl halides is 1. The molecule has 1 unspecified atom stereocenters. The van der Waals surface area contributed by atoms with Gasteiger partial charge in [0.2, 0.25) is 0 Å². The number of allylic oxidation sites excluding steroid dienone is 3. The monoisotopic (exact) mass is 681 g/mol. The molecule has 1 fully saturated rings. The van der Waals surface area contributed by atoms with E-state index in [1.165, 1.54) is 14.2 Å². The van der Waals surface area contributed by atoms with E-state index < -0.39 is 45.7 Å². The summed E-state index contributed by atoms with van der Waals surface area (Å²) in [6.07, 6.45) is 5.65. The first kappa shape index (κ1) is 37.0. The average Bonchev–Trinajstić information content (AvgIpc) is 3.04. The molecule has 2 aliphatic rings. The maximum Gasteiger partial charge on any atom is 0.330 e. The van der Waals surface area contributed by atoms with E-state index in [0.29, 0.717) is 28.2 Å². The topological polar surface area (TPSA) is 147 Å². The second-order valence-corrected chi connectivity index (χ2v) is 12.7. The number of hydrogen-bond donors (Lipinski definition) is 1. The minimum absolute atomic E-state index is 0.0445. The van der Waals surface area contributed by atoms with Crippen LogP contribution in [0.25, 0.3) is 6.08 Å². The van der Waals surface area contributed by atoms with Gasteiger partial charge in [-0.15, -0.1) is 11.6 Å². The van der Waals surface area contributed by atoms with Crippen molar-refractivity contribution in [2.75, 3.05) is 46.4 Å². The Morgan fingerprint density at radius 1 is 1.11 bits per heavy atom. The van der Waals surface area contributed by atoms with Crippen molar-refractivity contribution in [3.05, 3.63) is 89.4 Å². The first-order valence-electron chi connectivity index (χ1n) is 14.2. The number of carbonyl (C=O) groups excluding carboxylic acids is 2. The molecule has 2 heterocycles. The van der Waals surface area contributed by atoms with Crippen LogP contribution in [0.2, 0.25) is 0 Å². The van der Waals surface area contributed by atoms with E-state index in [9.17, 15) is 22.6 Å². The Balaban J connectivity index is 1.88. The van der Waals surface area contributed by atoms with Crippen LogP contribution in [0.15, 0.2) is 72.7 Å². The zero-order valence-electron chi connectivity index (χ0n) is 26.3. The number of ether oxygens (including phenoxy) is 6. The standard InChI is InChI=1S/C32H40ClNO11S/c1-7-28(35)42-17-32(18-43-29(36)8-2)19-44-31(45-20-32)25-12-10-22(13-24(25)15-33)9-11-23-14-27(40-5)34(21(3)4)30(41-6)26(23)16-46(37,38)39/h7-14,21,30-31H,1-2,15-20H2,3-6H3,(H,37,38,39). The van der Waals surface area contributed by atoms with Gasteiger partial charge in [0.05, 0.1) is 25.7 Å². The maximum atomic E-state index is 12.0. The molecule has 1 N–H and O–H groups in total. The second kappa shape index (κ2) is 16.4. The van der Waals surface area contributed by atoms with Gasteiger partial charge in [0, 0.05) is 48.4 Å². The Bertz CT molecular complexity index is 1460. The van der Waals surface area contributed by atoms with Crippen LogP contribution in [0.1, 0.15) is 36.8 Å². The molecule has 14 heteroatoms. The lowest BCUT2D eigenvalue weighted by molar-refractivity contribution is -0.251. The fraction of sp³-hybridized carbons (Fsp3) is 0.438. The summed E-state index contributed by atoms with van der Waals surface area (Å²) < 4.78 is 67.4. The van der Waals surface area contributed by atoms with Gasteiger partial charge in [-0.1, -0.05) is 43.5 Å². The lowest BCUT2D eigenvalue weighted by Gasteiger charge is -2.40. The molecule has 1 aromatic rings. The summed E-state index contributed by atoms with van der Waals surface area (Å²) in [6, 6.07) is 5.35. The molecule has 0 bridgehead atoms. The van der Waals surface area contributed by atoms with E-state index >= 15 is 0 Å². The van der Waals surface area contributed by atoms with Gasteiger partial charge in [-0.2, -0.15) is 8.42 Å². The molecule has 0 saturated carbocycles. The fourth-order valence-electron chi connectivity index (χ4n) is 4.99. The minimum atomic E-state index is -4.38. The van der Waals surface area contributed by atoms with Gasteiger partial charge in [-0.3, -0.25) is 4.55 Å². The number of hydrogen-bond acceptors (Lipinski definition) is 11. The maximum absolute atomic E-state index is 12.0. The van der Waals surface area contributed by atoms with Crippen LogP contribution in [-0.2, 0) is 54.0 Å². The lowest BCUT2D eigenvalue weighted by atomic mass is 9.91. The third-order valence-electron chi connectivity index (χ3n) is 7.26. The number of carbonyl (C=O) groups is 2. The Hall–Kier alpha value is -3.46. The zero-order valence-corrected chi connectivity index (χ0v) is 27.8. The summed E-state index contributed by atoms with van der Waals surface area (Å²) in [5.41, 5.74) is 2.01. The zero-order chi connectivity index (χ0) is 34.1. The number of benzene rings is 1. The van der Waals surface area contributed by atoms with Crippen molar-refractivity contribution >= 4 is 39.7 Å². The van der Waals surface area contributed by atoms with E-state index in [1.807, 2.05) is 26.0 Å². The van der Waals surface area contributed by atoms with E-state index in [2.05, 4.69) is 13.2 Å². The fourth-order valence-corrected chi connectivity index (χ4v) is 5.92. The molecule has 0 spiro atoms. The van der Waals surface area contributed by atoms with Crippen LogP contribution >= 0.6 is 11.6 Å². The Morgan fingerprint density at radius 3 is 2.20 bits per heavy atom. The summed E-state index contributed by atoms with van der Waals surface area (Å²) in [7, 11) is -1.42. The SMILES string of the molecule is C=CC(=O)OCC1(COC(=O)C=C)COC(c2ccc(C=CC3=C(CS(=O)(=O)O)C(OC)N(C(C)C)C(OC)=C3)cc2CCl)OC1. The highest BCUT2D eigenvalue weighted by Gasteiger charge is 2.41. The normalized spacial score (nSPS) is 18.8. The second-order valence-electron chi connectivity index (χ2n) is 11.0. The molecule has 0 aromatic heterocycles. The first-order valence-corrected chi connectivity index (χ1v) is 16.4. The molecule has 3 rings (SSSR count). The summed E-state index contributed by atoms with van der Waals surface area (Å²) in [4.78, 5) is 25.2. The number of esters is 2. The highest BCUT2D eigenvalue weighted by atomic mass is 35.5. The highest BCUT2D eigenvalue weighted by Crippen LogP contribution is 2.36. The van der Waals surface area contributed by atoms with Crippen molar-refractivity contribution in [2.45, 2.75) is 38.3 Å². The van der Waals surface area contributed by atoms with Crippen LogP contribution in [0.5, 0.6) is 0 Å². The number of rotatable bonds is 15. The van der Waals surface area contributed by atoms with Gasteiger partial charge in [0.15, 0.2) is 18.4 Å². The van der Waals surface area contributed by atoms with Gasteiger partial charge in [0.25, 0.3) is 10.1 Å². The Kier molecular flexibility index (Phi) is 13.2. The van der Waals surface area contributed by atoms with Crippen molar-refractivity contribution < 1.29 is 51.0 Å². The van der Waals surface area contributed by atoms with Crippen LogP contribution in [0.4, 0.5) is 0 Å². The molecule has 1 saturated heterocycles. The van der Waals surface area contributed by atoms with E-state index in [0.717, 1.165) is 17.7 Å². The Labute approximate surface area is 274 Å². The predicted octanol–water partition coefficient (Wildman–Crippen LogP) is 4.30. The molecule has 252 valence electrons. The van der Waals surface area contributed by atoms with Crippen molar-refractivity contribution in [1.29, 1.82) is 0 Å². The number of nitrogens with zero attached hydrogens (tertiary/aromatic N) is 1. The first-order chi connectivity index (χ1) is 21.8. The summed E-state index contributed by atoms with van der Waals surface area (Å²) in [5, 5.41) is 0. The molecule has 12 nitrogen and oxygen atoms in total. The van der Waals surface area contributed by atoms with Crippen LogP contribution in [-0.4, -0.2) is 88.5 Å². The Morgan fingerprint density at radius 2 is 1.72 bits per heavy atom. The highest BCUT2D eigenvalue weighted by molar-refractivity contribution is 7.86. The molecule has 0 aliphatic carbocycles. The number of halogens is 1. The van der Waals surface area contributed by atoms with Gasteiger partial charge in [0.1, 0.15) is 19.0 Å². The molecule has 0 radical (unpaired) electrons. The van der Waals surface area contributed by atoms with E-state index in [1.54, 1.807) is 29.2 Å². The van der Waals surface area contributed by atoms with Crippen LogP contribution in [0, 0.1) is 5.41 Å². The van der Waals surface area contributed by atoms with Crippen molar-refractivity contribution in [2.24, 2.45) is 5.41 Å². The molecular formula is C32H40ClNO11S. The van der Waals surface area contributed by atoms with Gasteiger partial charge in [-0.25, -0.2) is 9.59 Å². The largest absolute Gasteiger partial charge is 0.482 e. The molecular weight excluding hydrogens is 642 g/mol. The molecule has 0 amide bonds. The van der Waals surface area contributed by atoms with Crippen molar-refractivity contribution in [3.63, 3.8) is 0 Å². The summed E-state index contributed by atoms with van der Waals surface area (Å²) in [6.45, 7) is 10.4. The van der Waals surface area contributed by atoms with Gasteiger partial charge in [-0.05, 0) is 30.5 Å². The third-order valence-corrected chi connectivity index (χ3v) is 8.22. The summed E-state index contributed by atoms with van der Waals surface area (Å²) in [5.74, 6) is -1.31. The molecule has 46 heavy (non-hydrogen) atoms. The van der Waals surface area contributed by atoms with Crippen molar-refractivity contribution in [1.82, 2.24) is 4.90 Å². The predicted molar refractivity (Wildman–Crippen MR) is 171 cm³/mol. The van der Waals surface area contributed by atoms with Crippen LogP contribution < -0.4 is 0 Å². The van der Waals surface area contributed by atoms with E-state index in [-0.39, 0.29) is 38.3 Å². The van der Waals surface area contributed by atoms with Gasteiger partial charge >= 0.3 is 11.9 Å². The molecule has 2 aliphatic heterocycles. The molecule has 1 atom stereocenters. The summed E-state index contributed by atoms with van der Waals surface area (Å²) >= 11 is 6.33. The quantitative estimate of drug-likeness (QED) is 0.122. The third kappa shape index (κ3) is 9.53. The lowest BCUT2D eigenvalue weighted by Crippen LogP contribution is -2.46. The number of methoxy groups -OCH3 is 2. The minimum Gasteiger partial charge on any atom is -0.482 e. The molecule has 1 aromatic carbocycles. The van der Waals surface area contributed by atoms with Crippen molar-refractivity contribution in [3.8, 4) is 0 Å². The van der Waals surface area contributed by atoms with Crippen LogP contribution in [0.3, 0.4) is 0 Å². The smallest absolute Gasteiger partial charge is 0.330 e.